The van der Waals surface area contributed by atoms with Crippen molar-refractivity contribution in [1.82, 2.24) is 25.0 Å². The zero-order valence-corrected chi connectivity index (χ0v) is 15.8. The summed E-state index contributed by atoms with van der Waals surface area (Å²) in [6.07, 6.45) is 5.51. The minimum atomic E-state index is -0.248. The van der Waals surface area contributed by atoms with Crippen LogP contribution >= 0.6 is 0 Å². The Kier molecular flexibility index (Phi) is 4.19. The van der Waals surface area contributed by atoms with Crippen molar-refractivity contribution in [3.05, 3.63) is 36.8 Å². The second-order valence-electron chi connectivity index (χ2n) is 7.02. The molecule has 0 bridgehead atoms. The lowest BCUT2D eigenvalue weighted by molar-refractivity contribution is 0.101. The van der Waals surface area contributed by atoms with Gasteiger partial charge in [0.15, 0.2) is 5.82 Å². The fourth-order valence-corrected chi connectivity index (χ4v) is 3.25. The monoisotopic (exact) mass is 366 g/mol. The summed E-state index contributed by atoms with van der Waals surface area (Å²) in [4.78, 5) is 4.76. The SMILES string of the molecule is COCC(C)(C)n1cc(Nc2nc3cccc(OC)c3c3cn[nH]c23)cn1. The number of anilines is 2. The van der Waals surface area contributed by atoms with Gasteiger partial charge in [-0.15, -0.1) is 0 Å². The lowest BCUT2D eigenvalue weighted by Gasteiger charge is -2.24. The molecule has 4 rings (SSSR count). The van der Waals surface area contributed by atoms with E-state index in [-0.39, 0.29) is 5.54 Å². The first-order valence-electron chi connectivity index (χ1n) is 8.64. The molecule has 0 aliphatic heterocycles. The molecule has 0 aliphatic carbocycles. The fraction of sp³-hybridized carbons (Fsp3) is 0.316. The van der Waals surface area contributed by atoms with E-state index in [1.807, 2.05) is 29.1 Å². The first kappa shape index (κ1) is 17.3. The highest BCUT2D eigenvalue weighted by Gasteiger charge is 2.21. The number of hydrogen-bond donors (Lipinski definition) is 2. The summed E-state index contributed by atoms with van der Waals surface area (Å²) in [5.41, 5.74) is 2.24. The molecule has 0 spiro atoms. The van der Waals surface area contributed by atoms with E-state index in [0.717, 1.165) is 33.2 Å². The first-order chi connectivity index (χ1) is 13.0. The standard InChI is InChI=1S/C19H22N6O2/c1-19(2,11-26-3)25-10-12(8-21-25)22-18-17-13(9-20-24-17)16-14(23-18)6-5-7-15(16)27-4/h5-10H,11H2,1-4H3,(H,20,24)(H,22,23). The maximum atomic E-state index is 5.50. The van der Waals surface area contributed by atoms with Crippen molar-refractivity contribution in [2.75, 3.05) is 26.1 Å². The van der Waals surface area contributed by atoms with Crippen LogP contribution in [0, 0.1) is 0 Å². The molecule has 3 heterocycles. The number of aromatic amines is 1. The molecule has 27 heavy (non-hydrogen) atoms. The predicted molar refractivity (Wildman–Crippen MR) is 105 cm³/mol. The molecule has 3 aromatic heterocycles. The molecule has 0 unspecified atom stereocenters. The van der Waals surface area contributed by atoms with E-state index in [9.17, 15) is 0 Å². The average Bonchev–Trinajstić information content (AvgIpc) is 3.31. The Bertz CT molecular complexity index is 1100. The lowest BCUT2D eigenvalue weighted by atomic mass is 10.1. The summed E-state index contributed by atoms with van der Waals surface area (Å²) in [6.45, 7) is 4.70. The Labute approximate surface area is 156 Å². The van der Waals surface area contributed by atoms with Gasteiger partial charge in [0.2, 0.25) is 0 Å². The number of aromatic nitrogens is 5. The van der Waals surface area contributed by atoms with Gasteiger partial charge < -0.3 is 14.8 Å². The van der Waals surface area contributed by atoms with Crippen molar-refractivity contribution < 1.29 is 9.47 Å². The molecule has 8 heteroatoms. The van der Waals surface area contributed by atoms with Gasteiger partial charge in [0, 0.05) is 18.7 Å². The Morgan fingerprint density at radius 3 is 2.85 bits per heavy atom. The van der Waals surface area contributed by atoms with E-state index in [1.54, 1.807) is 26.6 Å². The third-order valence-electron chi connectivity index (χ3n) is 4.56. The highest BCUT2D eigenvalue weighted by Crippen LogP contribution is 2.34. The minimum absolute atomic E-state index is 0.248. The zero-order valence-electron chi connectivity index (χ0n) is 15.8. The molecule has 4 aromatic rings. The average molecular weight is 366 g/mol. The van der Waals surface area contributed by atoms with E-state index in [2.05, 4.69) is 34.5 Å². The summed E-state index contributed by atoms with van der Waals surface area (Å²) in [5, 5.41) is 16.9. The summed E-state index contributed by atoms with van der Waals surface area (Å²) in [5.74, 6) is 1.46. The highest BCUT2D eigenvalue weighted by molar-refractivity contribution is 6.11. The van der Waals surface area contributed by atoms with Gasteiger partial charge in [0.1, 0.15) is 11.3 Å². The van der Waals surface area contributed by atoms with Crippen LogP contribution in [-0.2, 0) is 10.3 Å². The molecule has 0 saturated carbocycles. The topological polar surface area (TPSA) is 89.9 Å². The predicted octanol–water partition coefficient (Wildman–Crippen LogP) is 3.44. The fourth-order valence-electron chi connectivity index (χ4n) is 3.25. The third-order valence-corrected chi connectivity index (χ3v) is 4.56. The number of nitrogens with one attached hydrogen (secondary N) is 2. The van der Waals surface area contributed by atoms with Gasteiger partial charge in [-0.25, -0.2) is 4.98 Å². The number of hydrogen-bond acceptors (Lipinski definition) is 6. The van der Waals surface area contributed by atoms with Crippen molar-refractivity contribution >= 4 is 33.3 Å². The lowest BCUT2D eigenvalue weighted by Crippen LogP contribution is -2.31. The van der Waals surface area contributed by atoms with E-state index in [0.29, 0.717) is 12.4 Å². The van der Waals surface area contributed by atoms with E-state index in [4.69, 9.17) is 14.5 Å². The van der Waals surface area contributed by atoms with Crippen LogP contribution in [0.15, 0.2) is 36.8 Å². The van der Waals surface area contributed by atoms with Crippen LogP contribution < -0.4 is 10.1 Å². The summed E-state index contributed by atoms with van der Waals surface area (Å²) < 4.78 is 12.7. The van der Waals surface area contributed by atoms with Crippen molar-refractivity contribution in [1.29, 1.82) is 0 Å². The first-order valence-corrected chi connectivity index (χ1v) is 8.64. The number of benzene rings is 1. The van der Waals surface area contributed by atoms with Crippen molar-refractivity contribution in [2.45, 2.75) is 19.4 Å². The van der Waals surface area contributed by atoms with Gasteiger partial charge in [-0.1, -0.05) is 6.07 Å². The molecule has 140 valence electrons. The molecule has 0 atom stereocenters. The number of rotatable bonds is 6. The number of H-pyrrole nitrogens is 1. The Morgan fingerprint density at radius 1 is 1.22 bits per heavy atom. The molecule has 0 amide bonds. The molecule has 2 N–H and O–H groups in total. The van der Waals surface area contributed by atoms with Gasteiger partial charge in [0.25, 0.3) is 0 Å². The molecular formula is C19H22N6O2. The van der Waals surface area contributed by atoms with Crippen LogP contribution in [0.3, 0.4) is 0 Å². The van der Waals surface area contributed by atoms with E-state index in [1.165, 1.54) is 0 Å². The summed E-state index contributed by atoms with van der Waals surface area (Å²) in [7, 11) is 3.34. The molecule has 0 fully saturated rings. The van der Waals surface area contributed by atoms with Crippen LogP contribution in [0.5, 0.6) is 5.75 Å². The maximum absolute atomic E-state index is 5.50. The number of fused-ring (bicyclic) bond motifs is 3. The second-order valence-corrected chi connectivity index (χ2v) is 7.02. The molecule has 0 radical (unpaired) electrons. The van der Waals surface area contributed by atoms with Crippen LogP contribution in [-0.4, -0.2) is 45.8 Å². The summed E-state index contributed by atoms with van der Waals surface area (Å²) >= 11 is 0. The van der Waals surface area contributed by atoms with Crippen LogP contribution in [0.25, 0.3) is 21.8 Å². The zero-order chi connectivity index (χ0) is 19.0. The van der Waals surface area contributed by atoms with Gasteiger partial charge >= 0.3 is 0 Å². The van der Waals surface area contributed by atoms with Crippen molar-refractivity contribution in [3.8, 4) is 5.75 Å². The Balaban J connectivity index is 1.77. The molecular weight excluding hydrogens is 344 g/mol. The van der Waals surface area contributed by atoms with E-state index >= 15 is 0 Å². The number of methoxy groups -OCH3 is 2. The third kappa shape index (κ3) is 2.97. The molecule has 0 saturated heterocycles. The quantitative estimate of drug-likeness (QED) is 0.543. The summed E-state index contributed by atoms with van der Waals surface area (Å²) in [6, 6.07) is 5.81. The molecule has 1 aromatic carbocycles. The Morgan fingerprint density at radius 2 is 2.07 bits per heavy atom. The second kappa shape index (κ2) is 6.55. The maximum Gasteiger partial charge on any atom is 0.157 e. The highest BCUT2D eigenvalue weighted by atomic mass is 16.5. The minimum Gasteiger partial charge on any atom is -0.496 e. The van der Waals surface area contributed by atoms with Gasteiger partial charge in [0.05, 0.1) is 48.2 Å². The van der Waals surface area contributed by atoms with Gasteiger partial charge in [-0.2, -0.15) is 10.2 Å². The van der Waals surface area contributed by atoms with Crippen LogP contribution in [0.1, 0.15) is 13.8 Å². The Hall–Kier alpha value is -3.13. The normalized spacial score (nSPS) is 12.0. The van der Waals surface area contributed by atoms with Crippen molar-refractivity contribution in [2.24, 2.45) is 0 Å². The van der Waals surface area contributed by atoms with Crippen LogP contribution in [0.4, 0.5) is 11.5 Å². The number of nitrogens with zero attached hydrogens (tertiary/aromatic N) is 4. The number of pyridine rings is 1. The van der Waals surface area contributed by atoms with Crippen LogP contribution in [0.2, 0.25) is 0 Å². The van der Waals surface area contributed by atoms with Gasteiger partial charge in [-0.05, 0) is 26.0 Å². The number of ether oxygens (including phenoxy) is 2. The van der Waals surface area contributed by atoms with Gasteiger partial charge in [-0.3, -0.25) is 9.78 Å². The molecule has 8 nitrogen and oxygen atoms in total. The smallest absolute Gasteiger partial charge is 0.157 e. The van der Waals surface area contributed by atoms with E-state index < -0.39 is 0 Å². The van der Waals surface area contributed by atoms with Crippen molar-refractivity contribution in [3.63, 3.8) is 0 Å². The molecule has 0 aliphatic rings. The largest absolute Gasteiger partial charge is 0.496 e.